The summed E-state index contributed by atoms with van der Waals surface area (Å²) in [6.07, 6.45) is 8.37. The second-order valence-corrected chi connectivity index (χ2v) is 5.11. The normalized spacial score (nSPS) is 10.2. The van der Waals surface area contributed by atoms with Crippen LogP contribution >= 0.6 is 0 Å². The molecule has 0 heterocycles. The lowest BCUT2D eigenvalue weighted by molar-refractivity contribution is -0.145. The van der Waals surface area contributed by atoms with Gasteiger partial charge >= 0.3 is 5.97 Å². The van der Waals surface area contributed by atoms with Crippen LogP contribution in [0.5, 0.6) is 5.75 Å². The number of hydrogen-bond donors (Lipinski definition) is 0. The number of carbonyl (C=O) groups is 1. The van der Waals surface area contributed by atoms with Crippen molar-refractivity contribution in [2.45, 2.75) is 44.6 Å². The number of carbonyl (C=O) groups excluding carboxylic acids is 1. The second-order valence-electron chi connectivity index (χ2n) is 5.11. The number of benzene rings is 1. The molecule has 0 aromatic heterocycles. The van der Waals surface area contributed by atoms with E-state index in [-0.39, 0.29) is 12.1 Å². The maximum absolute atomic E-state index is 11.5. The molecule has 0 unspecified atom stereocenters. The summed E-state index contributed by atoms with van der Waals surface area (Å²) in [5, 5.41) is 0. The van der Waals surface area contributed by atoms with Gasteiger partial charge in [0.2, 0.25) is 0 Å². The molecule has 3 nitrogen and oxygen atoms in total. The van der Waals surface area contributed by atoms with Crippen molar-refractivity contribution in [2.75, 3.05) is 6.61 Å². The van der Waals surface area contributed by atoms with Crippen LogP contribution in [-0.2, 0) is 9.53 Å². The Labute approximate surface area is 133 Å². The Kier molecular flexibility index (Phi) is 9.51. The summed E-state index contributed by atoms with van der Waals surface area (Å²) in [6.45, 7) is 7.91. The SMILES string of the molecule is C=CC(C=C)OC(=O)CCCCCCCOc1ccccc1. The van der Waals surface area contributed by atoms with Crippen molar-refractivity contribution in [3.8, 4) is 5.75 Å². The van der Waals surface area contributed by atoms with E-state index in [2.05, 4.69) is 13.2 Å². The minimum absolute atomic E-state index is 0.183. The van der Waals surface area contributed by atoms with Gasteiger partial charge in [-0.25, -0.2) is 0 Å². The maximum atomic E-state index is 11.5. The largest absolute Gasteiger partial charge is 0.494 e. The lowest BCUT2D eigenvalue weighted by Gasteiger charge is -2.09. The summed E-state index contributed by atoms with van der Waals surface area (Å²) in [5.74, 6) is 0.737. The molecule has 3 heteroatoms. The molecule has 0 saturated carbocycles. The Morgan fingerprint density at radius 1 is 1.00 bits per heavy atom. The summed E-state index contributed by atoms with van der Waals surface area (Å²) < 4.78 is 10.8. The molecule has 1 rings (SSSR count). The molecule has 0 radical (unpaired) electrons. The van der Waals surface area contributed by atoms with Crippen molar-refractivity contribution in [3.63, 3.8) is 0 Å². The van der Waals surface area contributed by atoms with Crippen molar-refractivity contribution in [3.05, 3.63) is 55.6 Å². The molecule has 0 aliphatic carbocycles. The summed E-state index contributed by atoms with van der Waals surface area (Å²) in [4.78, 5) is 11.5. The van der Waals surface area contributed by atoms with Crippen LogP contribution in [0.1, 0.15) is 38.5 Å². The van der Waals surface area contributed by atoms with E-state index in [1.54, 1.807) is 12.2 Å². The van der Waals surface area contributed by atoms with Gasteiger partial charge in [-0.05, 0) is 37.1 Å². The minimum Gasteiger partial charge on any atom is -0.494 e. The van der Waals surface area contributed by atoms with E-state index >= 15 is 0 Å². The number of esters is 1. The molecule has 22 heavy (non-hydrogen) atoms. The fourth-order valence-electron chi connectivity index (χ4n) is 2.01. The molecule has 0 aliphatic heterocycles. The van der Waals surface area contributed by atoms with Gasteiger partial charge in [-0.3, -0.25) is 4.79 Å². The van der Waals surface area contributed by atoms with E-state index < -0.39 is 0 Å². The van der Waals surface area contributed by atoms with Crippen LogP contribution in [0.25, 0.3) is 0 Å². The first-order valence-electron chi connectivity index (χ1n) is 7.88. The molecule has 1 aromatic carbocycles. The van der Waals surface area contributed by atoms with Crippen molar-refractivity contribution in [1.82, 2.24) is 0 Å². The molecule has 0 aliphatic rings. The monoisotopic (exact) mass is 302 g/mol. The summed E-state index contributed by atoms with van der Waals surface area (Å²) in [7, 11) is 0. The van der Waals surface area contributed by atoms with Crippen LogP contribution in [0.15, 0.2) is 55.6 Å². The highest BCUT2D eigenvalue weighted by Crippen LogP contribution is 2.11. The van der Waals surface area contributed by atoms with E-state index in [1.807, 2.05) is 30.3 Å². The Hall–Kier alpha value is -2.03. The highest BCUT2D eigenvalue weighted by molar-refractivity contribution is 5.69. The van der Waals surface area contributed by atoms with E-state index in [4.69, 9.17) is 9.47 Å². The van der Waals surface area contributed by atoms with Crippen LogP contribution in [-0.4, -0.2) is 18.7 Å². The highest BCUT2D eigenvalue weighted by Gasteiger charge is 2.06. The zero-order valence-corrected chi connectivity index (χ0v) is 13.2. The lowest BCUT2D eigenvalue weighted by atomic mass is 10.1. The van der Waals surface area contributed by atoms with Crippen LogP contribution in [0.3, 0.4) is 0 Å². The predicted octanol–water partition coefficient (Wildman–Crippen LogP) is 4.69. The zero-order valence-electron chi connectivity index (χ0n) is 13.2. The Balaban J connectivity index is 1.94. The van der Waals surface area contributed by atoms with E-state index in [9.17, 15) is 4.79 Å². The third-order valence-electron chi connectivity index (χ3n) is 3.27. The predicted molar refractivity (Wildman–Crippen MR) is 89.9 cm³/mol. The quantitative estimate of drug-likeness (QED) is 0.319. The molecule has 0 bridgehead atoms. The van der Waals surface area contributed by atoms with Crippen molar-refractivity contribution < 1.29 is 14.3 Å². The molecular weight excluding hydrogens is 276 g/mol. The number of ether oxygens (including phenoxy) is 2. The van der Waals surface area contributed by atoms with Crippen LogP contribution in [0.2, 0.25) is 0 Å². The van der Waals surface area contributed by atoms with Gasteiger partial charge in [0.1, 0.15) is 11.9 Å². The molecule has 0 amide bonds. The van der Waals surface area contributed by atoms with Gasteiger partial charge in [0.15, 0.2) is 0 Å². The second kappa shape index (κ2) is 11.6. The third kappa shape index (κ3) is 8.30. The molecule has 1 aromatic rings. The number of rotatable bonds is 12. The Morgan fingerprint density at radius 3 is 2.32 bits per heavy atom. The Morgan fingerprint density at radius 2 is 1.64 bits per heavy atom. The standard InChI is InChI=1S/C19H26O3/c1-3-17(4-2)22-19(20)15-11-6-5-7-12-16-21-18-13-9-8-10-14-18/h3-4,8-10,13-14,17H,1-2,5-7,11-12,15-16H2. The highest BCUT2D eigenvalue weighted by atomic mass is 16.5. The number of para-hydroxylation sites is 1. The van der Waals surface area contributed by atoms with E-state index in [0.717, 1.165) is 44.5 Å². The van der Waals surface area contributed by atoms with Crippen molar-refractivity contribution >= 4 is 5.97 Å². The zero-order chi connectivity index (χ0) is 16.0. The fourth-order valence-corrected chi connectivity index (χ4v) is 2.01. The lowest BCUT2D eigenvalue weighted by Crippen LogP contribution is -2.12. The molecule has 0 atom stereocenters. The summed E-state index contributed by atoms with van der Waals surface area (Å²) >= 11 is 0. The average Bonchev–Trinajstić information content (AvgIpc) is 2.56. The van der Waals surface area contributed by atoms with Gasteiger partial charge in [0, 0.05) is 6.42 Å². The molecular formula is C19H26O3. The molecule has 0 saturated heterocycles. The maximum Gasteiger partial charge on any atom is 0.306 e. The minimum atomic E-state index is -0.373. The van der Waals surface area contributed by atoms with E-state index in [0.29, 0.717) is 6.42 Å². The van der Waals surface area contributed by atoms with Gasteiger partial charge in [0.25, 0.3) is 0 Å². The summed E-state index contributed by atoms with van der Waals surface area (Å²) in [5.41, 5.74) is 0. The molecule has 0 spiro atoms. The van der Waals surface area contributed by atoms with Gasteiger partial charge in [-0.15, -0.1) is 0 Å². The third-order valence-corrected chi connectivity index (χ3v) is 3.27. The topological polar surface area (TPSA) is 35.5 Å². The fraction of sp³-hybridized carbons (Fsp3) is 0.421. The molecule has 0 fully saturated rings. The van der Waals surface area contributed by atoms with Crippen LogP contribution in [0, 0.1) is 0 Å². The number of unbranched alkanes of at least 4 members (excludes halogenated alkanes) is 4. The van der Waals surface area contributed by atoms with Gasteiger partial charge in [0.05, 0.1) is 6.61 Å². The van der Waals surface area contributed by atoms with Crippen molar-refractivity contribution in [1.29, 1.82) is 0 Å². The first-order valence-corrected chi connectivity index (χ1v) is 7.88. The van der Waals surface area contributed by atoms with Gasteiger partial charge < -0.3 is 9.47 Å². The number of hydrogen-bond acceptors (Lipinski definition) is 3. The molecule has 0 N–H and O–H groups in total. The smallest absolute Gasteiger partial charge is 0.306 e. The van der Waals surface area contributed by atoms with Crippen molar-refractivity contribution in [2.24, 2.45) is 0 Å². The first kappa shape index (κ1) is 18.0. The van der Waals surface area contributed by atoms with Crippen LogP contribution < -0.4 is 4.74 Å². The van der Waals surface area contributed by atoms with Gasteiger partial charge in [-0.1, -0.05) is 50.6 Å². The average molecular weight is 302 g/mol. The first-order chi connectivity index (χ1) is 10.8. The molecule has 120 valence electrons. The Bertz CT molecular complexity index is 431. The van der Waals surface area contributed by atoms with Gasteiger partial charge in [-0.2, -0.15) is 0 Å². The van der Waals surface area contributed by atoms with Crippen LogP contribution in [0.4, 0.5) is 0 Å². The van der Waals surface area contributed by atoms with E-state index in [1.165, 1.54) is 0 Å². The summed E-state index contributed by atoms with van der Waals surface area (Å²) in [6, 6.07) is 9.84.